The van der Waals surface area contributed by atoms with E-state index in [0.29, 0.717) is 11.3 Å². The summed E-state index contributed by atoms with van der Waals surface area (Å²) in [4.78, 5) is 24.5. The molecule has 1 aromatic rings. The molecule has 1 aliphatic rings. The van der Waals surface area contributed by atoms with Gasteiger partial charge in [0.05, 0.1) is 13.5 Å². The predicted octanol–water partition coefficient (Wildman–Crippen LogP) is 2.21. The average Bonchev–Trinajstić information content (AvgIpc) is 2.50. The normalized spacial score (nSPS) is 18.4. The molecule has 5 nitrogen and oxygen atoms in total. The molecule has 2 rings (SSSR count). The van der Waals surface area contributed by atoms with Gasteiger partial charge in [-0.05, 0) is 30.2 Å². The SMILES string of the molecule is C=C(C)C(C(=O)OCc1ccc(OC)cc1)N1C(=O)CC1F. The highest BCUT2D eigenvalue weighted by atomic mass is 19.1. The molecule has 0 aliphatic carbocycles. The maximum absolute atomic E-state index is 13.5. The van der Waals surface area contributed by atoms with Crippen molar-refractivity contribution in [2.24, 2.45) is 0 Å². The van der Waals surface area contributed by atoms with E-state index < -0.39 is 24.2 Å². The van der Waals surface area contributed by atoms with Crippen LogP contribution in [0, 0.1) is 0 Å². The molecule has 2 atom stereocenters. The lowest BCUT2D eigenvalue weighted by Gasteiger charge is -2.39. The smallest absolute Gasteiger partial charge is 0.333 e. The van der Waals surface area contributed by atoms with Gasteiger partial charge in [0.15, 0.2) is 12.3 Å². The molecule has 6 heteroatoms. The van der Waals surface area contributed by atoms with E-state index in [2.05, 4.69) is 6.58 Å². The minimum atomic E-state index is -1.46. The minimum Gasteiger partial charge on any atom is -0.497 e. The molecule has 22 heavy (non-hydrogen) atoms. The highest BCUT2D eigenvalue weighted by Crippen LogP contribution is 2.27. The number of hydrogen-bond donors (Lipinski definition) is 0. The molecule has 0 radical (unpaired) electrons. The highest BCUT2D eigenvalue weighted by molar-refractivity contribution is 5.90. The summed E-state index contributed by atoms with van der Waals surface area (Å²) in [5.74, 6) is -0.401. The molecule has 1 fully saturated rings. The molecule has 1 aromatic carbocycles. The Balaban J connectivity index is 1.99. The van der Waals surface area contributed by atoms with Crippen LogP contribution >= 0.6 is 0 Å². The number of halogens is 1. The van der Waals surface area contributed by atoms with Crippen molar-refractivity contribution in [3.63, 3.8) is 0 Å². The van der Waals surface area contributed by atoms with Crippen molar-refractivity contribution in [2.45, 2.75) is 32.3 Å². The second-order valence-electron chi connectivity index (χ2n) is 5.14. The van der Waals surface area contributed by atoms with Crippen LogP contribution in [0.3, 0.4) is 0 Å². The van der Waals surface area contributed by atoms with Gasteiger partial charge in [-0.1, -0.05) is 18.7 Å². The second kappa shape index (κ2) is 6.60. The van der Waals surface area contributed by atoms with E-state index in [0.717, 1.165) is 10.5 Å². The summed E-state index contributed by atoms with van der Waals surface area (Å²) >= 11 is 0. The van der Waals surface area contributed by atoms with Crippen LogP contribution in [-0.2, 0) is 20.9 Å². The fourth-order valence-electron chi connectivity index (χ4n) is 2.20. The number of esters is 1. The Bertz CT molecular complexity index is 584. The molecule has 2 unspecified atom stereocenters. The Morgan fingerprint density at radius 3 is 2.55 bits per heavy atom. The average molecular weight is 307 g/mol. The first-order valence-corrected chi connectivity index (χ1v) is 6.84. The van der Waals surface area contributed by atoms with Crippen molar-refractivity contribution in [1.29, 1.82) is 0 Å². The van der Waals surface area contributed by atoms with Crippen molar-refractivity contribution >= 4 is 11.9 Å². The van der Waals surface area contributed by atoms with Crippen molar-refractivity contribution in [1.82, 2.24) is 4.90 Å². The molecule has 0 spiro atoms. The van der Waals surface area contributed by atoms with Gasteiger partial charge in [-0.15, -0.1) is 0 Å². The summed E-state index contributed by atoms with van der Waals surface area (Å²) in [6.07, 6.45) is -1.65. The van der Waals surface area contributed by atoms with E-state index in [1.807, 2.05) is 0 Å². The molecule has 0 bridgehead atoms. The molecular weight excluding hydrogens is 289 g/mol. The Kier molecular flexibility index (Phi) is 4.80. The van der Waals surface area contributed by atoms with Crippen molar-refractivity contribution in [3.8, 4) is 5.75 Å². The van der Waals surface area contributed by atoms with Gasteiger partial charge in [0.2, 0.25) is 5.91 Å². The molecule has 0 N–H and O–H groups in total. The van der Waals surface area contributed by atoms with Gasteiger partial charge in [0.25, 0.3) is 0 Å². The van der Waals surface area contributed by atoms with Gasteiger partial charge in [-0.2, -0.15) is 0 Å². The number of amides is 1. The van der Waals surface area contributed by atoms with Crippen molar-refractivity contribution in [3.05, 3.63) is 42.0 Å². The van der Waals surface area contributed by atoms with Crippen LogP contribution in [0.15, 0.2) is 36.4 Å². The highest BCUT2D eigenvalue weighted by Gasteiger charge is 2.45. The van der Waals surface area contributed by atoms with Gasteiger partial charge < -0.3 is 9.47 Å². The lowest BCUT2D eigenvalue weighted by atomic mass is 10.0. The first kappa shape index (κ1) is 16.0. The fraction of sp³-hybridized carbons (Fsp3) is 0.375. The van der Waals surface area contributed by atoms with Gasteiger partial charge >= 0.3 is 5.97 Å². The number of nitrogens with zero attached hydrogens (tertiary/aromatic N) is 1. The van der Waals surface area contributed by atoms with Crippen LogP contribution in [0.25, 0.3) is 0 Å². The van der Waals surface area contributed by atoms with Crippen molar-refractivity contribution in [2.75, 3.05) is 7.11 Å². The number of β-lactam (4-membered cyclic amide) rings is 1. The number of methoxy groups -OCH3 is 1. The summed E-state index contributed by atoms with van der Waals surface area (Å²) in [7, 11) is 1.56. The van der Waals surface area contributed by atoms with Crippen LogP contribution in [0.2, 0.25) is 0 Å². The standard InChI is InChI=1S/C16H18FNO4/c1-10(2)15(18-13(17)8-14(18)19)16(20)22-9-11-4-6-12(21-3)7-5-11/h4-7,13,15H,1,8-9H2,2-3H3. The number of benzene rings is 1. The van der Waals surface area contributed by atoms with Crippen LogP contribution in [0.1, 0.15) is 18.9 Å². The quantitative estimate of drug-likeness (QED) is 0.350. The first-order chi connectivity index (χ1) is 10.4. The van der Waals surface area contributed by atoms with E-state index in [9.17, 15) is 14.0 Å². The third-order valence-corrected chi connectivity index (χ3v) is 3.44. The summed E-state index contributed by atoms with van der Waals surface area (Å²) in [5, 5.41) is 0. The lowest BCUT2D eigenvalue weighted by molar-refractivity contribution is -0.171. The predicted molar refractivity (Wildman–Crippen MR) is 77.8 cm³/mol. The molecule has 1 amide bonds. The van der Waals surface area contributed by atoms with Gasteiger partial charge in [-0.25, -0.2) is 9.18 Å². The zero-order valence-electron chi connectivity index (χ0n) is 12.5. The summed E-state index contributed by atoms with van der Waals surface area (Å²) < 4.78 is 23.7. The lowest BCUT2D eigenvalue weighted by Crippen LogP contribution is -2.58. The molecule has 1 saturated heterocycles. The molecule has 1 aliphatic heterocycles. The van der Waals surface area contributed by atoms with Crippen LogP contribution in [0.5, 0.6) is 5.75 Å². The number of carbonyl (C=O) groups is 2. The number of alkyl halides is 1. The largest absolute Gasteiger partial charge is 0.497 e. The summed E-state index contributed by atoms with van der Waals surface area (Å²) in [6, 6.07) is 5.93. The maximum atomic E-state index is 13.5. The Morgan fingerprint density at radius 2 is 2.09 bits per heavy atom. The monoisotopic (exact) mass is 307 g/mol. The Hall–Kier alpha value is -2.37. The Morgan fingerprint density at radius 1 is 1.45 bits per heavy atom. The van der Waals surface area contributed by atoms with Gasteiger partial charge in [0, 0.05) is 0 Å². The number of likely N-dealkylation sites (tertiary alicyclic amines) is 1. The first-order valence-electron chi connectivity index (χ1n) is 6.84. The molecule has 0 aromatic heterocycles. The number of hydrogen-bond acceptors (Lipinski definition) is 4. The van der Waals surface area contributed by atoms with Crippen molar-refractivity contribution < 1.29 is 23.5 Å². The summed E-state index contributed by atoms with van der Waals surface area (Å²) in [6.45, 7) is 5.25. The maximum Gasteiger partial charge on any atom is 0.333 e. The molecule has 118 valence electrons. The third kappa shape index (κ3) is 3.27. The zero-order chi connectivity index (χ0) is 16.3. The summed E-state index contributed by atoms with van der Waals surface area (Å²) in [5.41, 5.74) is 1.14. The number of ether oxygens (including phenoxy) is 2. The van der Waals surface area contributed by atoms with Gasteiger partial charge in [0.1, 0.15) is 12.4 Å². The van der Waals surface area contributed by atoms with E-state index in [4.69, 9.17) is 9.47 Å². The third-order valence-electron chi connectivity index (χ3n) is 3.44. The van der Waals surface area contributed by atoms with Gasteiger partial charge in [-0.3, -0.25) is 9.69 Å². The van der Waals surface area contributed by atoms with E-state index in [1.165, 1.54) is 0 Å². The molecular formula is C16H18FNO4. The zero-order valence-corrected chi connectivity index (χ0v) is 12.5. The minimum absolute atomic E-state index is 0.0333. The number of rotatable bonds is 6. The fourth-order valence-corrected chi connectivity index (χ4v) is 2.20. The molecule has 1 heterocycles. The topological polar surface area (TPSA) is 55.8 Å². The van der Waals surface area contributed by atoms with Crippen LogP contribution < -0.4 is 4.74 Å². The second-order valence-corrected chi connectivity index (χ2v) is 5.14. The van der Waals surface area contributed by atoms with E-state index >= 15 is 0 Å². The van der Waals surface area contributed by atoms with Crippen LogP contribution in [-0.4, -0.2) is 36.2 Å². The van der Waals surface area contributed by atoms with Crippen LogP contribution in [0.4, 0.5) is 4.39 Å². The van der Waals surface area contributed by atoms with E-state index in [1.54, 1.807) is 38.3 Å². The molecule has 0 saturated carbocycles. The Labute approximate surface area is 128 Å². The van der Waals surface area contributed by atoms with E-state index in [-0.39, 0.29) is 13.0 Å². The number of carbonyl (C=O) groups excluding carboxylic acids is 2.